The van der Waals surface area contributed by atoms with Crippen molar-refractivity contribution in [3.63, 3.8) is 0 Å². The standard InChI is InChI=1S/C14H24N2O3/c1-11-6-9-15(10-7-11)14(18)16-8-4-3-5-12(16)13(17)19-2/h11-12H,3-10H2,1-2H3. The van der Waals surface area contributed by atoms with E-state index in [1.807, 2.05) is 4.90 Å². The fourth-order valence-electron chi connectivity index (χ4n) is 2.92. The molecule has 2 amide bonds. The number of esters is 1. The average Bonchev–Trinajstić information content (AvgIpc) is 2.46. The van der Waals surface area contributed by atoms with Crippen molar-refractivity contribution in [1.29, 1.82) is 0 Å². The van der Waals surface area contributed by atoms with Gasteiger partial charge < -0.3 is 14.5 Å². The van der Waals surface area contributed by atoms with Gasteiger partial charge in [-0.15, -0.1) is 0 Å². The number of nitrogens with zero attached hydrogens (tertiary/aromatic N) is 2. The van der Waals surface area contributed by atoms with Gasteiger partial charge in [0.1, 0.15) is 6.04 Å². The van der Waals surface area contributed by atoms with Crippen LogP contribution in [-0.4, -0.2) is 54.6 Å². The quantitative estimate of drug-likeness (QED) is 0.682. The third-order valence-electron chi connectivity index (χ3n) is 4.28. The van der Waals surface area contributed by atoms with Gasteiger partial charge in [-0.1, -0.05) is 6.92 Å². The summed E-state index contributed by atoms with van der Waals surface area (Å²) in [6.45, 7) is 4.51. The maximum absolute atomic E-state index is 12.5. The van der Waals surface area contributed by atoms with E-state index in [-0.39, 0.29) is 18.0 Å². The number of urea groups is 1. The van der Waals surface area contributed by atoms with Crippen LogP contribution in [0.1, 0.15) is 39.0 Å². The largest absolute Gasteiger partial charge is 0.467 e. The minimum absolute atomic E-state index is 0.0157. The van der Waals surface area contributed by atoms with E-state index >= 15 is 0 Å². The van der Waals surface area contributed by atoms with Crippen molar-refractivity contribution in [2.75, 3.05) is 26.7 Å². The molecule has 0 aromatic rings. The Morgan fingerprint density at radius 1 is 1.05 bits per heavy atom. The Morgan fingerprint density at radius 3 is 2.37 bits per heavy atom. The topological polar surface area (TPSA) is 49.9 Å². The number of carbonyl (C=O) groups is 2. The van der Waals surface area contributed by atoms with Gasteiger partial charge in [0.15, 0.2) is 0 Å². The molecule has 1 atom stereocenters. The van der Waals surface area contributed by atoms with Crippen molar-refractivity contribution in [2.24, 2.45) is 5.92 Å². The summed E-state index contributed by atoms with van der Waals surface area (Å²) in [6, 6.07) is -0.368. The molecule has 0 radical (unpaired) electrons. The number of carbonyl (C=O) groups excluding carboxylic acids is 2. The van der Waals surface area contributed by atoms with Crippen LogP contribution in [0.5, 0.6) is 0 Å². The predicted molar refractivity (Wildman–Crippen MR) is 71.7 cm³/mol. The first kappa shape index (κ1) is 14.2. The number of rotatable bonds is 1. The Balaban J connectivity index is 2.01. The molecule has 2 fully saturated rings. The lowest BCUT2D eigenvalue weighted by atomic mass is 9.99. The SMILES string of the molecule is COC(=O)C1CCCCN1C(=O)N1CCC(C)CC1. The average molecular weight is 268 g/mol. The molecule has 2 saturated heterocycles. The predicted octanol–water partition coefficient (Wildman–Crippen LogP) is 1.87. The molecular weight excluding hydrogens is 244 g/mol. The van der Waals surface area contributed by atoms with Gasteiger partial charge in [0.05, 0.1) is 7.11 Å². The highest BCUT2D eigenvalue weighted by molar-refractivity contribution is 5.84. The molecule has 0 aromatic heterocycles. The molecule has 2 rings (SSSR count). The lowest BCUT2D eigenvalue weighted by Gasteiger charge is -2.39. The summed E-state index contributed by atoms with van der Waals surface area (Å²) in [5.41, 5.74) is 0. The Labute approximate surface area is 114 Å². The Bertz CT molecular complexity index is 338. The van der Waals surface area contributed by atoms with Gasteiger partial charge in [0.2, 0.25) is 0 Å². The number of likely N-dealkylation sites (tertiary alicyclic amines) is 2. The van der Waals surface area contributed by atoms with Gasteiger partial charge in [-0.25, -0.2) is 9.59 Å². The fourth-order valence-corrected chi connectivity index (χ4v) is 2.92. The highest BCUT2D eigenvalue weighted by atomic mass is 16.5. The summed E-state index contributed by atoms with van der Waals surface area (Å²) in [6.07, 6.45) is 4.80. The maximum atomic E-state index is 12.5. The normalized spacial score (nSPS) is 25.3. The zero-order valence-electron chi connectivity index (χ0n) is 11.9. The van der Waals surface area contributed by atoms with Gasteiger partial charge in [-0.2, -0.15) is 0 Å². The van der Waals surface area contributed by atoms with Crippen LogP contribution in [-0.2, 0) is 9.53 Å². The van der Waals surface area contributed by atoms with Gasteiger partial charge in [0, 0.05) is 19.6 Å². The van der Waals surface area contributed by atoms with E-state index in [9.17, 15) is 9.59 Å². The molecule has 5 heteroatoms. The smallest absolute Gasteiger partial charge is 0.328 e. The van der Waals surface area contributed by atoms with Crippen LogP contribution in [0.3, 0.4) is 0 Å². The molecule has 2 heterocycles. The summed E-state index contributed by atoms with van der Waals surface area (Å²) < 4.78 is 4.82. The number of ether oxygens (including phenoxy) is 1. The minimum Gasteiger partial charge on any atom is -0.467 e. The minimum atomic E-state index is -0.384. The second-order valence-corrected chi connectivity index (χ2v) is 5.68. The van der Waals surface area contributed by atoms with Crippen LogP contribution >= 0.6 is 0 Å². The first-order valence-electron chi connectivity index (χ1n) is 7.27. The van der Waals surface area contributed by atoms with E-state index in [4.69, 9.17) is 4.74 Å². The second-order valence-electron chi connectivity index (χ2n) is 5.68. The van der Waals surface area contributed by atoms with Gasteiger partial charge in [-0.05, 0) is 38.0 Å². The third kappa shape index (κ3) is 3.19. The van der Waals surface area contributed by atoms with E-state index in [1.54, 1.807) is 4.90 Å². The molecule has 2 aliphatic rings. The van der Waals surface area contributed by atoms with Crippen LogP contribution in [0, 0.1) is 5.92 Å². The van der Waals surface area contributed by atoms with Crippen molar-refractivity contribution in [3.05, 3.63) is 0 Å². The molecule has 108 valence electrons. The molecule has 0 spiro atoms. The second kappa shape index (κ2) is 6.26. The lowest BCUT2D eigenvalue weighted by molar-refractivity contribution is -0.147. The van der Waals surface area contributed by atoms with Crippen molar-refractivity contribution in [2.45, 2.75) is 45.1 Å². The van der Waals surface area contributed by atoms with Crippen LogP contribution in [0.4, 0.5) is 4.79 Å². The van der Waals surface area contributed by atoms with Crippen molar-refractivity contribution in [1.82, 2.24) is 9.80 Å². The van der Waals surface area contributed by atoms with Crippen LogP contribution in [0.25, 0.3) is 0 Å². The van der Waals surface area contributed by atoms with E-state index in [2.05, 4.69) is 6.92 Å². The monoisotopic (exact) mass is 268 g/mol. The van der Waals surface area contributed by atoms with E-state index < -0.39 is 0 Å². The summed E-state index contributed by atoms with van der Waals surface area (Å²) in [5.74, 6) is 0.417. The summed E-state index contributed by atoms with van der Waals surface area (Å²) in [7, 11) is 1.39. The van der Waals surface area contributed by atoms with Gasteiger partial charge in [0.25, 0.3) is 0 Å². The highest BCUT2D eigenvalue weighted by Gasteiger charge is 2.35. The third-order valence-corrected chi connectivity index (χ3v) is 4.28. The van der Waals surface area contributed by atoms with Crippen molar-refractivity contribution in [3.8, 4) is 0 Å². The first-order valence-corrected chi connectivity index (χ1v) is 7.27. The summed E-state index contributed by atoms with van der Waals surface area (Å²) >= 11 is 0. The molecule has 0 N–H and O–H groups in total. The van der Waals surface area contributed by atoms with Crippen molar-refractivity contribution < 1.29 is 14.3 Å². The molecule has 0 aromatic carbocycles. The molecule has 5 nitrogen and oxygen atoms in total. The fraction of sp³-hybridized carbons (Fsp3) is 0.857. The molecule has 2 aliphatic heterocycles. The van der Waals surface area contributed by atoms with Crippen LogP contribution in [0.15, 0.2) is 0 Å². The number of hydrogen-bond acceptors (Lipinski definition) is 3. The van der Waals surface area contributed by atoms with Gasteiger partial charge >= 0.3 is 12.0 Å². The van der Waals surface area contributed by atoms with E-state index in [0.717, 1.165) is 45.2 Å². The first-order chi connectivity index (χ1) is 9.13. The molecule has 0 aliphatic carbocycles. The Kier molecular flexibility index (Phi) is 4.66. The van der Waals surface area contributed by atoms with Gasteiger partial charge in [-0.3, -0.25) is 0 Å². The molecule has 0 bridgehead atoms. The lowest BCUT2D eigenvalue weighted by Crippen LogP contribution is -2.54. The summed E-state index contributed by atoms with van der Waals surface area (Å²) in [5, 5.41) is 0. The van der Waals surface area contributed by atoms with E-state index in [1.165, 1.54) is 7.11 Å². The van der Waals surface area contributed by atoms with Crippen LogP contribution < -0.4 is 0 Å². The Hall–Kier alpha value is -1.26. The number of hydrogen-bond donors (Lipinski definition) is 0. The van der Waals surface area contributed by atoms with Crippen LogP contribution in [0.2, 0.25) is 0 Å². The number of piperidine rings is 2. The molecule has 1 unspecified atom stereocenters. The number of methoxy groups -OCH3 is 1. The summed E-state index contributed by atoms with van der Waals surface area (Å²) in [4.78, 5) is 27.9. The maximum Gasteiger partial charge on any atom is 0.328 e. The molecule has 0 saturated carbocycles. The molecule has 19 heavy (non-hydrogen) atoms. The molecular formula is C14H24N2O3. The Morgan fingerprint density at radius 2 is 1.74 bits per heavy atom. The van der Waals surface area contributed by atoms with E-state index in [0.29, 0.717) is 12.5 Å². The van der Waals surface area contributed by atoms with Crippen molar-refractivity contribution >= 4 is 12.0 Å². The zero-order valence-corrected chi connectivity index (χ0v) is 11.9. The highest BCUT2D eigenvalue weighted by Crippen LogP contribution is 2.23. The zero-order chi connectivity index (χ0) is 13.8. The number of amides is 2.